The Morgan fingerprint density at radius 1 is 0.938 bits per heavy atom. The molecule has 8 heteroatoms. The van der Waals surface area contributed by atoms with E-state index < -0.39 is 6.67 Å². The topological polar surface area (TPSA) is 82.5 Å². The molecular weight excluding hydrogens is 427 g/mol. The van der Waals surface area contributed by atoms with Crippen molar-refractivity contribution in [3.63, 3.8) is 0 Å². The molecular formula is C24H18ClFN6. The van der Waals surface area contributed by atoms with Crippen LogP contribution in [0.2, 0.25) is 0 Å². The second kappa shape index (κ2) is 8.36. The molecule has 0 aliphatic carbocycles. The summed E-state index contributed by atoms with van der Waals surface area (Å²) in [5.74, 6) is 1.45. The van der Waals surface area contributed by atoms with Crippen molar-refractivity contribution in [1.82, 2.24) is 24.5 Å². The van der Waals surface area contributed by atoms with E-state index in [0.717, 1.165) is 16.8 Å². The zero-order valence-corrected chi connectivity index (χ0v) is 17.7. The lowest BCUT2D eigenvalue weighted by Gasteiger charge is -2.11. The summed E-state index contributed by atoms with van der Waals surface area (Å²) in [7, 11) is 0. The van der Waals surface area contributed by atoms with Crippen molar-refractivity contribution in [2.45, 2.75) is 12.6 Å². The van der Waals surface area contributed by atoms with Crippen molar-refractivity contribution in [3.8, 4) is 28.3 Å². The number of hydrogen-bond donors (Lipinski definition) is 1. The molecule has 0 aliphatic heterocycles. The number of pyridine rings is 3. The van der Waals surface area contributed by atoms with Crippen LogP contribution in [0.4, 0.5) is 10.2 Å². The fourth-order valence-corrected chi connectivity index (χ4v) is 3.72. The predicted octanol–water partition coefficient (Wildman–Crippen LogP) is 5.34. The Bertz CT molecular complexity index is 1400. The van der Waals surface area contributed by atoms with Crippen molar-refractivity contribution in [2.75, 3.05) is 5.73 Å². The largest absolute Gasteiger partial charge is 0.383 e. The highest BCUT2D eigenvalue weighted by Crippen LogP contribution is 2.31. The molecule has 1 aromatic carbocycles. The second-order valence-electron chi connectivity index (χ2n) is 7.22. The van der Waals surface area contributed by atoms with Gasteiger partial charge in [-0.25, -0.2) is 19.3 Å². The van der Waals surface area contributed by atoms with Gasteiger partial charge in [0.05, 0.1) is 17.0 Å². The Morgan fingerprint density at radius 3 is 2.47 bits per heavy atom. The number of nitrogens with two attached hydrogens (primary N) is 1. The van der Waals surface area contributed by atoms with Gasteiger partial charge in [-0.1, -0.05) is 12.1 Å². The monoisotopic (exact) mass is 444 g/mol. The van der Waals surface area contributed by atoms with Gasteiger partial charge in [0, 0.05) is 29.5 Å². The number of nitrogen functional groups attached to an aromatic ring is 1. The van der Waals surface area contributed by atoms with Gasteiger partial charge in [0.2, 0.25) is 0 Å². The van der Waals surface area contributed by atoms with E-state index >= 15 is 0 Å². The molecule has 0 saturated heterocycles. The molecule has 0 fully saturated rings. The van der Waals surface area contributed by atoms with Crippen LogP contribution in [0.3, 0.4) is 0 Å². The molecule has 4 aromatic heterocycles. The van der Waals surface area contributed by atoms with Gasteiger partial charge in [-0.2, -0.15) is 0 Å². The van der Waals surface area contributed by atoms with Crippen molar-refractivity contribution in [2.24, 2.45) is 0 Å². The summed E-state index contributed by atoms with van der Waals surface area (Å²) >= 11 is 5.97. The molecule has 0 aliphatic rings. The number of imidazole rings is 1. The van der Waals surface area contributed by atoms with Crippen LogP contribution < -0.4 is 5.73 Å². The number of hydrogen-bond acceptors (Lipinski definition) is 5. The van der Waals surface area contributed by atoms with Crippen LogP contribution in [0.5, 0.6) is 0 Å². The zero-order valence-electron chi connectivity index (χ0n) is 16.9. The van der Waals surface area contributed by atoms with Gasteiger partial charge in [0.1, 0.15) is 18.0 Å². The molecule has 2 N–H and O–H groups in total. The molecule has 0 atom stereocenters. The maximum absolute atomic E-state index is 12.8. The van der Waals surface area contributed by atoms with Crippen LogP contribution in [-0.4, -0.2) is 24.5 Å². The Hall–Kier alpha value is -3.84. The minimum absolute atomic E-state index is 0.382. The van der Waals surface area contributed by atoms with Crippen LogP contribution in [0.25, 0.3) is 39.5 Å². The summed E-state index contributed by atoms with van der Waals surface area (Å²) < 4.78 is 14.8. The van der Waals surface area contributed by atoms with E-state index in [-0.39, 0.29) is 0 Å². The lowest BCUT2D eigenvalue weighted by Crippen LogP contribution is -2.02. The summed E-state index contributed by atoms with van der Waals surface area (Å²) in [5.41, 5.74) is 12.0. The van der Waals surface area contributed by atoms with Gasteiger partial charge in [0.25, 0.3) is 0 Å². The number of benzene rings is 1. The number of alkyl halides is 2. The van der Waals surface area contributed by atoms with Gasteiger partial charge < -0.3 is 5.73 Å². The fraction of sp³-hybridized carbons (Fsp3) is 0.0833. The van der Waals surface area contributed by atoms with E-state index in [1.54, 1.807) is 18.5 Å². The fourth-order valence-electron chi connectivity index (χ4n) is 3.54. The number of nitrogens with zero attached hydrogens (tertiary/aromatic N) is 5. The van der Waals surface area contributed by atoms with Crippen molar-refractivity contribution in [1.29, 1.82) is 0 Å². The number of fused-ring (bicyclic) bond motifs is 1. The van der Waals surface area contributed by atoms with E-state index in [4.69, 9.17) is 27.3 Å². The van der Waals surface area contributed by atoms with Crippen LogP contribution in [0.1, 0.15) is 11.3 Å². The van der Waals surface area contributed by atoms with Crippen molar-refractivity contribution < 1.29 is 4.39 Å². The molecule has 158 valence electrons. The average molecular weight is 445 g/mol. The van der Waals surface area contributed by atoms with E-state index in [2.05, 4.69) is 9.97 Å². The lowest BCUT2D eigenvalue weighted by molar-refractivity contribution is 0.476. The normalized spacial score (nSPS) is 11.2. The maximum atomic E-state index is 12.8. The lowest BCUT2D eigenvalue weighted by atomic mass is 10.2. The SMILES string of the molecule is Nc1ncccc1-c1nc2ccc(-c3ccc(CF)nc3)nc2n1-c1ccc(CCl)cc1. The van der Waals surface area contributed by atoms with Gasteiger partial charge in [0.15, 0.2) is 11.5 Å². The molecule has 0 unspecified atom stereocenters. The Morgan fingerprint density at radius 2 is 1.78 bits per heavy atom. The molecule has 0 bridgehead atoms. The van der Waals surface area contributed by atoms with Crippen molar-refractivity contribution in [3.05, 3.63) is 84.3 Å². The average Bonchev–Trinajstić information content (AvgIpc) is 3.23. The molecule has 0 spiro atoms. The molecule has 32 heavy (non-hydrogen) atoms. The van der Waals surface area contributed by atoms with E-state index in [9.17, 15) is 4.39 Å². The Balaban J connectivity index is 1.74. The number of aromatic nitrogens is 5. The molecule has 4 heterocycles. The summed E-state index contributed by atoms with van der Waals surface area (Å²) in [6.07, 6.45) is 3.27. The highest BCUT2D eigenvalue weighted by molar-refractivity contribution is 6.17. The molecule has 5 aromatic rings. The summed E-state index contributed by atoms with van der Waals surface area (Å²) in [6, 6.07) is 18.8. The summed E-state index contributed by atoms with van der Waals surface area (Å²) in [6.45, 7) is -0.603. The van der Waals surface area contributed by atoms with Crippen LogP contribution >= 0.6 is 11.6 Å². The first-order chi connectivity index (χ1) is 15.7. The molecule has 0 amide bonds. The van der Waals surface area contributed by atoms with E-state index in [1.807, 2.05) is 59.2 Å². The smallest absolute Gasteiger partial charge is 0.165 e. The Labute approximate surface area is 188 Å². The number of halogens is 2. The third-order valence-corrected chi connectivity index (χ3v) is 5.50. The van der Waals surface area contributed by atoms with Gasteiger partial charge in [-0.3, -0.25) is 9.55 Å². The first-order valence-corrected chi connectivity index (χ1v) is 10.5. The van der Waals surface area contributed by atoms with Gasteiger partial charge >= 0.3 is 0 Å². The van der Waals surface area contributed by atoms with Crippen molar-refractivity contribution >= 4 is 28.6 Å². The van der Waals surface area contributed by atoms with Crippen LogP contribution in [-0.2, 0) is 12.6 Å². The summed E-state index contributed by atoms with van der Waals surface area (Å²) in [5, 5.41) is 0. The standard InChI is InChI=1S/C24H18ClFN6/c25-12-15-3-7-18(8-4-15)32-23(19-2-1-11-28-22(19)27)31-21-10-9-20(30-24(21)32)16-5-6-17(13-26)29-14-16/h1-11,14H,12-13H2,(H2,27,28). The zero-order chi connectivity index (χ0) is 22.1. The highest BCUT2D eigenvalue weighted by atomic mass is 35.5. The first-order valence-electron chi connectivity index (χ1n) is 9.95. The minimum atomic E-state index is -0.603. The summed E-state index contributed by atoms with van der Waals surface area (Å²) in [4.78, 5) is 18.0. The van der Waals surface area contributed by atoms with E-state index in [1.165, 1.54) is 0 Å². The third kappa shape index (κ3) is 3.56. The third-order valence-electron chi connectivity index (χ3n) is 5.19. The minimum Gasteiger partial charge on any atom is -0.383 e. The quantitative estimate of drug-likeness (QED) is 0.370. The molecule has 5 rings (SSSR count). The Kier molecular flexibility index (Phi) is 5.25. The maximum Gasteiger partial charge on any atom is 0.165 e. The number of anilines is 1. The van der Waals surface area contributed by atoms with Crippen LogP contribution in [0.15, 0.2) is 73.1 Å². The molecule has 0 radical (unpaired) electrons. The second-order valence-corrected chi connectivity index (χ2v) is 7.49. The van der Waals surface area contributed by atoms with E-state index in [0.29, 0.717) is 45.6 Å². The first kappa shape index (κ1) is 20.1. The number of rotatable bonds is 5. The molecule has 0 saturated carbocycles. The molecule has 6 nitrogen and oxygen atoms in total. The highest BCUT2D eigenvalue weighted by Gasteiger charge is 2.18. The van der Waals surface area contributed by atoms with Crippen LogP contribution in [0, 0.1) is 0 Å². The van der Waals surface area contributed by atoms with Gasteiger partial charge in [-0.05, 0) is 54.1 Å². The van der Waals surface area contributed by atoms with Gasteiger partial charge in [-0.15, -0.1) is 11.6 Å². The predicted molar refractivity (Wildman–Crippen MR) is 124 cm³/mol.